The number of aromatic amines is 3. The van der Waals surface area contributed by atoms with Gasteiger partial charge in [0.25, 0.3) is 5.82 Å². The second kappa shape index (κ2) is 28.7. The lowest BCUT2D eigenvalue weighted by atomic mass is 9.80. The van der Waals surface area contributed by atoms with Crippen molar-refractivity contribution in [1.82, 2.24) is 55.2 Å². The summed E-state index contributed by atoms with van der Waals surface area (Å²) in [5, 5.41) is 17.7. The smallest absolute Gasteiger partial charge is 0.288 e. The van der Waals surface area contributed by atoms with Crippen molar-refractivity contribution in [3.8, 4) is 45.7 Å². The maximum atomic E-state index is 13.9. The Morgan fingerprint density at radius 3 is 2.01 bits per heavy atom. The molecule has 11 rings (SSSR count). The van der Waals surface area contributed by atoms with E-state index in [9.17, 15) is 19.5 Å². The average molecular weight is 1270 g/mol. The number of aliphatic hydroxyl groups excluding tert-OH is 1. The molecule has 0 spiro atoms. The number of likely N-dealkylation sites (N-methyl/N-ethyl adjacent to an activating group) is 2. The Hall–Kier alpha value is -8.70. The number of anilines is 2. The number of carbonyl (C=O) groups excluding carboxylic acids is 3. The van der Waals surface area contributed by atoms with E-state index in [-0.39, 0.29) is 38.6 Å². The second-order valence-corrected chi connectivity index (χ2v) is 26.9. The van der Waals surface area contributed by atoms with Gasteiger partial charge in [0.05, 0.1) is 60.5 Å². The van der Waals surface area contributed by atoms with E-state index in [1.165, 1.54) is 21.2 Å². The topological polar surface area (TPSA) is 262 Å². The summed E-state index contributed by atoms with van der Waals surface area (Å²) in [4.78, 5) is 74.1. The van der Waals surface area contributed by atoms with Crippen LogP contribution in [0, 0.1) is 0 Å². The van der Waals surface area contributed by atoms with Crippen LogP contribution in [0.3, 0.4) is 0 Å². The number of benzene rings is 5. The minimum absolute atomic E-state index is 0.0602. The molecule has 3 aliphatic heterocycles. The number of nitrogens with one attached hydrogen (secondary N) is 5. The van der Waals surface area contributed by atoms with Crippen LogP contribution in [0.25, 0.3) is 67.3 Å². The van der Waals surface area contributed by atoms with Gasteiger partial charge in [-0.2, -0.15) is 0 Å². The van der Waals surface area contributed by atoms with Crippen LogP contribution in [0.15, 0.2) is 103 Å². The number of ether oxygens (including phenoxy) is 2. The van der Waals surface area contributed by atoms with Crippen LogP contribution >= 0.6 is 0 Å². The number of nitrogens with two attached hydrogens (primary N) is 2. The molecule has 6 heterocycles. The molecule has 494 valence electrons. The zero-order valence-corrected chi connectivity index (χ0v) is 55.5. The Morgan fingerprint density at radius 2 is 1.37 bits per heavy atom. The molecular formula is C71H95N16O6+. The van der Waals surface area contributed by atoms with Gasteiger partial charge in [0, 0.05) is 123 Å². The van der Waals surface area contributed by atoms with Gasteiger partial charge >= 0.3 is 0 Å². The lowest BCUT2D eigenvalue weighted by molar-refractivity contribution is -0.713. The molecule has 5 aromatic carbocycles. The minimum Gasteiger partial charge on any atom is -0.494 e. The number of hydrogen-bond acceptors (Lipinski definition) is 15. The molecule has 0 aliphatic carbocycles. The fourth-order valence-corrected chi connectivity index (χ4v) is 12.9. The van der Waals surface area contributed by atoms with Crippen LogP contribution in [-0.2, 0) is 25.3 Å². The first-order chi connectivity index (χ1) is 44.7. The molecule has 93 heavy (non-hydrogen) atoms. The predicted octanol–water partition coefficient (Wildman–Crippen LogP) is 7.37. The van der Waals surface area contributed by atoms with E-state index >= 15 is 0 Å². The van der Waals surface area contributed by atoms with Gasteiger partial charge in [0.1, 0.15) is 34.9 Å². The summed E-state index contributed by atoms with van der Waals surface area (Å²) in [7, 11) is 4.35. The molecule has 3 amide bonds. The fraction of sp³-hybridized carbons (Fsp3) is 0.465. The van der Waals surface area contributed by atoms with E-state index in [1.807, 2.05) is 25.1 Å². The van der Waals surface area contributed by atoms with Gasteiger partial charge in [-0.3, -0.25) is 19.7 Å². The van der Waals surface area contributed by atoms with Gasteiger partial charge in [0.2, 0.25) is 17.7 Å². The molecule has 8 aromatic rings. The number of fused-ring (bicyclic) bond motifs is 9. The number of primary amides is 1. The standard InChI is InChI=1S/C71H94N16O6/c1-9-26-85-46-65(91)86(45-62(73)88)44-50(72)43-74-24-13-25-75-63(89)16-11-36-93-66-54(70(2,3)4)38-49(68-77-57-22-20-52(42-59(57)79-68)84-33-29-82(8)30-34-84)39-55(66)71(5,6)87-61-23-18-47(67-76-56-21-19-51(41-58(56)78-67)83-31-27-81(7)28-32-83)40-60(61)80-69(87)48-14-10-15-53(37-48)92-35-12-17-64(85)90/h10,14-15,18-23,37-43,63,74-75,89H,9,11-13,16-17,24-36,44-46,72H2,1-8H3,(H4,73,76,77,78,79,88)/p+1. The maximum Gasteiger partial charge on any atom is 0.288 e. The minimum atomic E-state index is -0.866. The number of imidazole rings is 3. The normalized spacial score (nSPS) is 18.8. The zero-order chi connectivity index (χ0) is 65.6. The first-order valence-corrected chi connectivity index (χ1v) is 33.1. The van der Waals surface area contributed by atoms with E-state index in [1.54, 1.807) is 6.20 Å². The van der Waals surface area contributed by atoms with Gasteiger partial charge in [-0.1, -0.05) is 33.8 Å². The van der Waals surface area contributed by atoms with Gasteiger partial charge < -0.3 is 70.7 Å². The molecule has 22 nitrogen and oxygen atoms in total. The Labute approximate surface area is 545 Å². The number of H-pyrrole nitrogens is 3. The molecule has 1 unspecified atom stereocenters. The number of carbonyl (C=O) groups is 3. The number of amides is 3. The third kappa shape index (κ3) is 15.5. The zero-order valence-electron chi connectivity index (χ0n) is 55.5. The number of rotatable bonds is 8. The molecule has 0 radical (unpaired) electrons. The molecule has 10 N–H and O–H groups in total. The van der Waals surface area contributed by atoms with E-state index in [2.05, 4.69) is 171 Å². The highest BCUT2D eigenvalue weighted by Crippen LogP contribution is 2.44. The molecule has 2 fully saturated rings. The molecule has 2 bridgehead atoms. The van der Waals surface area contributed by atoms with E-state index < -0.39 is 29.0 Å². The molecule has 3 aliphatic rings. The molecule has 2 saturated heterocycles. The number of hydrogen-bond donors (Lipinski definition) is 8. The quantitative estimate of drug-likeness (QED) is 0.0691. The second-order valence-electron chi connectivity index (χ2n) is 26.9. The van der Waals surface area contributed by atoms with Crippen molar-refractivity contribution in [2.75, 3.05) is 129 Å². The summed E-state index contributed by atoms with van der Waals surface area (Å²) in [6.07, 6.45) is 3.60. The summed E-state index contributed by atoms with van der Waals surface area (Å²) in [6, 6.07) is 32.0. The van der Waals surface area contributed by atoms with Gasteiger partial charge in [0.15, 0.2) is 11.0 Å². The summed E-state index contributed by atoms with van der Waals surface area (Å²) in [5.41, 5.74) is 23.5. The van der Waals surface area contributed by atoms with E-state index in [4.69, 9.17) is 30.9 Å². The molecular weight excluding hydrogens is 1170 g/mol. The Kier molecular flexibility index (Phi) is 20.3. The fourth-order valence-electron chi connectivity index (χ4n) is 12.9. The predicted molar refractivity (Wildman–Crippen MR) is 368 cm³/mol. The lowest BCUT2D eigenvalue weighted by Crippen LogP contribution is -2.54. The summed E-state index contributed by atoms with van der Waals surface area (Å²) in [6.45, 7) is 22.3. The number of piperazine rings is 2. The van der Waals surface area contributed by atoms with Crippen molar-refractivity contribution < 1.29 is 33.5 Å². The highest BCUT2D eigenvalue weighted by molar-refractivity contribution is 5.89. The summed E-state index contributed by atoms with van der Waals surface area (Å²) < 4.78 is 16.1. The van der Waals surface area contributed by atoms with Crippen LogP contribution in [0.1, 0.15) is 91.2 Å². The number of aromatic nitrogens is 6. The molecule has 1 atom stereocenters. The van der Waals surface area contributed by atoms with Gasteiger partial charge in [-0.15, -0.1) is 0 Å². The first-order valence-electron chi connectivity index (χ1n) is 33.1. The SMILES string of the molecule is CCCN1CC(=O)N(CC(N)=O)CC(N)=CNCCCNC(O)CCCOc2c(C(C)(C)C)cc(-c3nc4ccc(N5CCN(C)CC5)cc4[nH]3)cc2C(C)(C)[n+]2c([nH]c3cc(-c4nc5ccc(N6CCN(C)CC6)cc5[nH]4)ccc32)-c2cccc(c2)OCCCC1=O. The summed E-state index contributed by atoms with van der Waals surface area (Å²) >= 11 is 0. The van der Waals surface area contributed by atoms with Crippen LogP contribution in [-0.4, -0.2) is 193 Å². The van der Waals surface area contributed by atoms with E-state index in [0.29, 0.717) is 69.8 Å². The van der Waals surface area contributed by atoms with Crippen LogP contribution < -0.4 is 45.9 Å². The Balaban J connectivity index is 1.00. The molecule has 0 saturated carbocycles. The Morgan fingerprint density at radius 1 is 0.710 bits per heavy atom. The Bertz CT molecular complexity index is 3980. The van der Waals surface area contributed by atoms with Crippen LogP contribution in [0.5, 0.6) is 11.5 Å². The van der Waals surface area contributed by atoms with E-state index in [0.717, 1.165) is 136 Å². The first kappa shape index (κ1) is 65.8. The highest BCUT2D eigenvalue weighted by Gasteiger charge is 2.41. The number of nitrogens with zero attached hydrogens (tertiary/aromatic N) is 9. The third-order valence-electron chi connectivity index (χ3n) is 18.2. The van der Waals surface area contributed by atoms with Gasteiger partial charge in [-0.05, 0) is 151 Å². The molecule has 22 heteroatoms. The van der Waals surface area contributed by atoms with Gasteiger partial charge in [-0.25, -0.2) is 19.5 Å². The lowest BCUT2D eigenvalue weighted by Gasteiger charge is -2.34. The average Bonchev–Trinajstić information content (AvgIpc) is 1.67. The third-order valence-corrected chi connectivity index (χ3v) is 18.2. The van der Waals surface area contributed by atoms with Crippen molar-refractivity contribution in [3.05, 3.63) is 114 Å². The van der Waals surface area contributed by atoms with Crippen molar-refractivity contribution >= 4 is 62.2 Å². The van der Waals surface area contributed by atoms with Crippen LogP contribution in [0.4, 0.5) is 11.4 Å². The monoisotopic (exact) mass is 1270 g/mol. The van der Waals surface area contributed by atoms with Crippen molar-refractivity contribution in [1.29, 1.82) is 0 Å². The number of aliphatic hydroxyl groups is 1. The van der Waals surface area contributed by atoms with Crippen molar-refractivity contribution in [2.24, 2.45) is 11.5 Å². The summed E-state index contributed by atoms with van der Waals surface area (Å²) in [5.74, 6) is 2.36. The van der Waals surface area contributed by atoms with Crippen molar-refractivity contribution in [2.45, 2.75) is 97.2 Å². The van der Waals surface area contributed by atoms with Crippen molar-refractivity contribution in [3.63, 3.8) is 0 Å². The molecule has 3 aromatic heterocycles. The largest absolute Gasteiger partial charge is 0.494 e. The van der Waals surface area contributed by atoms with Crippen LogP contribution in [0.2, 0.25) is 0 Å². The maximum absolute atomic E-state index is 13.9. The highest BCUT2D eigenvalue weighted by atomic mass is 16.5.